The monoisotopic (exact) mass is 286 g/mol. The number of carbonyl (C=O) groups is 1. The lowest BCUT2D eigenvalue weighted by Crippen LogP contribution is -2.13. The predicted octanol–water partition coefficient (Wildman–Crippen LogP) is 3.78. The highest BCUT2D eigenvalue weighted by molar-refractivity contribution is 7.99. The fourth-order valence-corrected chi connectivity index (χ4v) is 2.37. The van der Waals surface area contributed by atoms with E-state index in [4.69, 9.17) is 17.3 Å². The highest BCUT2D eigenvalue weighted by Gasteiger charge is 2.05. The molecule has 0 atom stereocenters. The molecule has 1 rings (SSSR count). The van der Waals surface area contributed by atoms with Gasteiger partial charge in [0.25, 0.3) is 0 Å². The Kier molecular flexibility index (Phi) is 6.36. The van der Waals surface area contributed by atoms with Gasteiger partial charge in [-0.05, 0) is 35.6 Å². The molecule has 0 saturated heterocycles. The van der Waals surface area contributed by atoms with Gasteiger partial charge in [0.1, 0.15) is 0 Å². The molecule has 100 valence electrons. The number of nitrogen functional groups attached to an aromatic ring is 1. The molecule has 3 N–H and O–H groups in total. The number of benzene rings is 1. The predicted molar refractivity (Wildman–Crippen MR) is 81.3 cm³/mol. The molecule has 1 aromatic rings. The Morgan fingerprint density at radius 1 is 1.50 bits per heavy atom. The van der Waals surface area contributed by atoms with Crippen molar-refractivity contribution < 1.29 is 4.79 Å². The first-order chi connectivity index (χ1) is 8.49. The standard InChI is InChI=1S/C13H19ClN2OS/c1-9(2)18-7-3-4-13(17)16-12-6-5-10(14)8-11(12)15/h5-6,8-9H,3-4,7,15H2,1-2H3,(H,16,17). The molecule has 0 aliphatic heterocycles. The molecule has 0 aromatic heterocycles. The average molecular weight is 287 g/mol. The minimum Gasteiger partial charge on any atom is -0.397 e. The fraction of sp³-hybridized carbons (Fsp3) is 0.462. The van der Waals surface area contributed by atoms with Gasteiger partial charge >= 0.3 is 0 Å². The number of hydrogen-bond acceptors (Lipinski definition) is 3. The second-order valence-electron chi connectivity index (χ2n) is 4.30. The molecular weight excluding hydrogens is 268 g/mol. The second kappa shape index (κ2) is 7.54. The van der Waals surface area contributed by atoms with Crippen molar-refractivity contribution in [2.45, 2.75) is 31.9 Å². The Morgan fingerprint density at radius 3 is 2.83 bits per heavy atom. The minimum atomic E-state index is -0.00613. The van der Waals surface area contributed by atoms with Gasteiger partial charge in [0.15, 0.2) is 0 Å². The lowest BCUT2D eigenvalue weighted by Gasteiger charge is -2.08. The van der Waals surface area contributed by atoms with Crippen LogP contribution in [-0.4, -0.2) is 16.9 Å². The second-order valence-corrected chi connectivity index (χ2v) is 6.42. The van der Waals surface area contributed by atoms with Crippen LogP contribution in [0.15, 0.2) is 18.2 Å². The third-order valence-corrected chi connectivity index (χ3v) is 3.71. The van der Waals surface area contributed by atoms with Crippen molar-refractivity contribution in [3.05, 3.63) is 23.2 Å². The maximum Gasteiger partial charge on any atom is 0.224 e. The van der Waals surface area contributed by atoms with Crippen LogP contribution in [0.25, 0.3) is 0 Å². The summed E-state index contributed by atoms with van der Waals surface area (Å²) in [6, 6.07) is 5.06. The van der Waals surface area contributed by atoms with Crippen LogP contribution in [-0.2, 0) is 4.79 Å². The lowest BCUT2D eigenvalue weighted by atomic mass is 10.2. The van der Waals surface area contributed by atoms with Gasteiger partial charge in [-0.15, -0.1) is 0 Å². The fourth-order valence-electron chi connectivity index (χ4n) is 1.41. The van der Waals surface area contributed by atoms with Crippen LogP contribution >= 0.6 is 23.4 Å². The summed E-state index contributed by atoms with van der Waals surface area (Å²) in [5.74, 6) is 0.995. The SMILES string of the molecule is CC(C)SCCCC(=O)Nc1ccc(Cl)cc1N. The van der Waals surface area contributed by atoms with E-state index in [-0.39, 0.29) is 5.91 Å². The van der Waals surface area contributed by atoms with Crippen LogP contribution < -0.4 is 11.1 Å². The molecule has 3 nitrogen and oxygen atoms in total. The molecule has 1 aromatic carbocycles. The smallest absolute Gasteiger partial charge is 0.224 e. The molecular formula is C13H19ClN2OS. The highest BCUT2D eigenvalue weighted by atomic mass is 35.5. The summed E-state index contributed by atoms with van der Waals surface area (Å²) < 4.78 is 0. The van der Waals surface area contributed by atoms with Crippen LogP contribution in [0.4, 0.5) is 11.4 Å². The lowest BCUT2D eigenvalue weighted by molar-refractivity contribution is -0.116. The maximum absolute atomic E-state index is 11.7. The van der Waals surface area contributed by atoms with Gasteiger partial charge in [0, 0.05) is 11.4 Å². The van der Waals surface area contributed by atoms with E-state index in [9.17, 15) is 4.79 Å². The van der Waals surface area contributed by atoms with Crippen molar-refractivity contribution in [2.75, 3.05) is 16.8 Å². The van der Waals surface area contributed by atoms with Gasteiger partial charge in [0.05, 0.1) is 11.4 Å². The number of amides is 1. The molecule has 0 radical (unpaired) electrons. The molecule has 0 aliphatic rings. The van der Waals surface area contributed by atoms with Crippen LogP contribution in [0.2, 0.25) is 5.02 Å². The summed E-state index contributed by atoms with van der Waals surface area (Å²) >= 11 is 7.65. The summed E-state index contributed by atoms with van der Waals surface area (Å²) in [5.41, 5.74) is 6.88. The number of thioether (sulfide) groups is 1. The summed E-state index contributed by atoms with van der Waals surface area (Å²) in [4.78, 5) is 11.7. The number of nitrogens with one attached hydrogen (secondary N) is 1. The zero-order chi connectivity index (χ0) is 13.5. The Balaban J connectivity index is 2.35. The third kappa shape index (κ3) is 5.65. The van der Waals surface area contributed by atoms with E-state index in [0.29, 0.717) is 28.1 Å². The zero-order valence-corrected chi connectivity index (χ0v) is 12.3. The number of halogens is 1. The van der Waals surface area contributed by atoms with E-state index in [0.717, 1.165) is 12.2 Å². The summed E-state index contributed by atoms with van der Waals surface area (Å²) in [6.45, 7) is 4.30. The first kappa shape index (κ1) is 15.2. The van der Waals surface area contributed by atoms with E-state index in [1.807, 2.05) is 11.8 Å². The van der Waals surface area contributed by atoms with E-state index < -0.39 is 0 Å². The number of anilines is 2. The van der Waals surface area contributed by atoms with Gasteiger partial charge in [-0.3, -0.25) is 4.79 Å². The number of hydrogen-bond donors (Lipinski definition) is 2. The number of rotatable bonds is 6. The van der Waals surface area contributed by atoms with Crippen molar-refractivity contribution in [3.8, 4) is 0 Å². The maximum atomic E-state index is 11.7. The molecule has 0 unspecified atom stereocenters. The topological polar surface area (TPSA) is 55.1 Å². The van der Waals surface area contributed by atoms with Crippen molar-refractivity contribution in [2.24, 2.45) is 0 Å². The van der Waals surface area contributed by atoms with E-state index in [1.165, 1.54) is 0 Å². The molecule has 18 heavy (non-hydrogen) atoms. The molecule has 0 saturated carbocycles. The minimum absolute atomic E-state index is 0.00613. The summed E-state index contributed by atoms with van der Waals surface area (Å²) in [7, 11) is 0. The highest BCUT2D eigenvalue weighted by Crippen LogP contribution is 2.22. The quantitative estimate of drug-likeness (QED) is 0.618. The molecule has 0 bridgehead atoms. The Hall–Kier alpha value is -0.870. The average Bonchev–Trinajstić information content (AvgIpc) is 2.28. The Labute approximate surface area is 117 Å². The molecule has 0 fully saturated rings. The number of nitrogens with two attached hydrogens (primary N) is 1. The van der Waals surface area contributed by atoms with Gasteiger partial charge in [-0.1, -0.05) is 25.4 Å². The normalized spacial score (nSPS) is 10.7. The molecule has 0 heterocycles. The van der Waals surface area contributed by atoms with Gasteiger partial charge < -0.3 is 11.1 Å². The summed E-state index contributed by atoms with van der Waals surface area (Å²) in [5, 5.41) is 3.97. The van der Waals surface area contributed by atoms with Crippen molar-refractivity contribution in [1.82, 2.24) is 0 Å². The summed E-state index contributed by atoms with van der Waals surface area (Å²) in [6.07, 6.45) is 1.39. The Bertz CT molecular complexity index is 410. The van der Waals surface area contributed by atoms with Gasteiger partial charge in [-0.25, -0.2) is 0 Å². The third-order valence-electron chi connectivity index (χ3n) is 2.29. The largest absolute Gasteiger partial charge is 0.397 e. The van der Waals surface area contributed by atoms with Crippen molar-refractivity contribution >= 4 is 40.6 Å². The first-order valence-electron chi connectivity index (χ1n) is 5.95. The van der Waals surface area contributed by atoms with E-state index in [2.05, 4.69) is 19.2 Å². The van der Waals surface area contributed by atoms with Gasteiger partial charge in [0.2, 0.25) is 5.91 Å². The number of carbonyl (C=O) groups excluding carboxylic acids is 1. The zero-order valence-electron chi connectivity index (χ0n) is 10.7. The van der Waals surface area contributed by atoms with Crippen molar-refractivity contribution in [3.63, 3.8) is 0 Å². The molecule has 0 aliphatic carbocycles. The van der Waals surface area contributed by atoms with Crippen LogP contribution in [0.3, 0.4) is 0 Å². The molecule has 1 amide bonds. The first-order valence-corrected chi connectivity index (χ1v) is 7.38. The molecule has 5 heteroatoms. The van der Waals surface area contributed by atoms with E-state index in [1.54, 1.807) is 18.2 Å². The Morgan fingerprint density at radius 2 is 2.22 bits per heavy atom. The van der Waals surface area contributed by atoms with E-state index >= 15 is 0 Å². The van der Waals surface area contributed by atoms with Crippen LogP contribution in [0.5, 0.6) is 0 Å². The van der Waals surface area contributed by atoms with Crippen LogP contribution in [0.1, 0.15) is 26.7 Å². The van der Waals surface area contributed by atoms with Crippen molar-refractivity contribution in [1.29, 1.82) is 0 Å². The van der Waals surface area contributed by atoms with Crippen LogP contribution in [0, 0.1) is 0 Å². The molecule has 0 spiro atoms. The van der Waals surface area contributed by atoms with Gasteiger partial charge in [-0.2, -0.15) is 11.8 Å².